The van der Waals surface area contributed by atoms with Crippen molar-refractivity contribution in [3.05, 3.63) is 29.8 Å². The van der Waals surface area contributed by atoms with Gasteiger partial charge in [-0.1, -0.05) is 39.8 Å². The minimum absolute atomic E-state index is 0.0263. The first-order valence-corrected chi connectivity index (χ1v) is 6.34. The highest BCUT2D eigenvalue weighted by atomic mass is 16.5. The fourth-order valence-corrected chi connectivity index (χ4v) is 2.37. The van der Waals surface area contributed by atoms with Crippen molar-refractivity contribution in [2.24, 2.45) is 5.41 Å². The van der Waals surface area contributed by atoms with E-state index in [1.165, 1.54) is 5.56 Å². The molecule has 0 bridgehead atoms. The van der Waals surface area contributed by atoms with Crippen LogP contribution in [0.3, 0.4) is 0 Å². The van der Waals surface area contributed by atoms with Crippen LogP contribution in [0.15, 0.2) is 24.3 Å². The van der Waals surface area contributed by atoms with Gasteiger partial charge in [-0.15, -0.1) is 0 Å². The molecule has 0 aliphatic heterocycles. The van der Waals surface area contributed by atoms with Gasteiger partial charge in [0.2, 0.25) is 0 Å². The fraction of sp³-hybridized carbons (Fsp3) is 0.562. The van der Waals surface area contributed by atoms with Gasteiger partial charge in [0.25, 0.3) is 0 Å². The van der Waals surface area contributed by atoms with E-state index in [-0.39, 0.29) is 16.6 Å². The zero-order valence-electron chi connectivity index (χ0n) is 12.3. The number of carbonyl (C=O) groups is 1. The Bertz CT molecular complexity index is 413. The molecule has 1 aromatic carbocycles. The molecule has 0 N–H and O–H groups in total. The lowest BCUT2D eigenvalue weighted by Crippen LogP contribution is -2.31. The Morgan fingerprint density at radius 2 is 1.61 bits per heavy atom. The van der Waals surface area contributed by atoms with Crippen LogP contribution in [0.25, 0.3) is 0 Å². The molecular weight excluding hydrogens is 224 g/mol. The number of rotatable bonds is 5. The van der Waals surface area contributed by atoms with Crippen LogP contribution >= 0.6 is 0 Å². The molecule has 2 nitrogen and oxygen atoms in total. The molecule has 18 heavy (non-hydrogen) atoms. The van der Waals surface area contributed by atoms with Gasteiger partial charge in [0.15, 0.2) is 0 Å². The second kappa shape index (κ2) is 5.13. The summed E-state index contributed by atoms with van der Waals surface area (Å²) in [6.45, 7) is 10.1. The minimum atomic E-state index is -0.288. The molecule has 1 aromatic rings. The number of hydrogen-bond donors (Lipinski definition) is 0. The topological polar surface area (TPSA) is 26.3 Å². The molecule has 0 heterocycles. The van der Waals surface area contributed by atoms with Gasteiger partial charge >= 0.3 is 0 Å². The summed E-state index contributed by atoms with van der Waals surface area (Å²) in [6, 6.07) is 8.10. The molecule has 0 saturated heterocycles. The lowest BCUT2D eigenvalue weighted by atomic mass is 9.70. The molecule has 0 fully saturated rings. The summed E-state index contributed by atoms with van der Waals surface area (Å²) < 4.78 is 5.17. The van der Waals surface area contributed by atoms with Crippen molar-refractivity contribution >= 4 is 5.78 Å². The molecule has 0 spiro atoms. The smallest absolute Gasteiger partial charge is 0.135 e. The van der Waals surface area contributed by atoms with Crippen molar-refractivity contribution in [3.8, 4) is 5.75 Å². The van der Waals surface area contributed by atoms with Crippen LogP contribution in [-0.2, 0) is 10.2 Å². The summed E-state index contributed by atoms with van der Waals surface area (Å²) in [5.74, 6) is 1.10. The average Bonchev–Trinajstić information content (AvgIpc) is 2.27. The average molecular weight is 248 g/mol. The molecule has 0 saturated carbocycles. The highest BCUT2D eigenvalue weighted by Gasteiger charge is 2.33. The molecule has 0 aliphatic rings. The lowest BCUT2D eigenvalue weighted by Gasteiger charge is -2.33. The second-order valence-corrected chi connectivity index (χ2v) is 6.23. The van der Waals surface area contributed by atoms with E-state index in [0.29, 0.717) is 0 Å². The number of hydrogen-bond acceptors (Lipinski definition) is 2. The monoisotopic (exact) mass is 248 g/mol. The molecule has 100 valence electrons. The maximum absolute atomic E-state index is 11.7. The van der Waals surface area contributed by atoms with Gasteiger partial charge in [0, 0.05) is 5.41 Å². The van der Waals surface area contributed by atoms with E-state index in [0.717, 1.165) is 12.2 Å². The third-order valence-electron chi connectivity index (χ3n) is 3.71. The summed E-state index contributed by atoms with van der Waals surface area (Å²) >= 11 is 0. The van der Waals surface area contributed by atoms with Crippen molar-refractivity contribution < 1.29 is 9.53 Å². The first-order valence-electron chi connectivity index (χ1n) is 6.34. The number of ketones is 1. The highest BCUT2D eigenvalue weighted by Crippen LogP contribution is 2.37. The summed E-state index contributed by atoms with van der Waals surface area (Å²) in [6.07, 6.45) is 0.835. The molecule has 0 aromatic heterocycles. The minimum Gasteiger partial charge on any atom is -0.497 e. The van der Waals surface area contributed by atoms with Crippen LogP contribution in [0.1, 0.15) is 46.6 Å². The van der Waals surface area contributed by atoms with Gasteiger partial charge in [-0.2, -0.15) is 0 Å². The van der Waals surface area contributed by atoms with Crippen LogP contribution in [-0.4, -0.2) is 12.9 Å². The van der Waals surface area contributed by atoms with Crippen LogP contribution in [0.2, 0.25) is 0 Å². The molecule has 0 aliphatic carbocycles. The van der Waals surface area contributed by atoms with Crippen LogP contribution in [0.4, 0.5) is 0 Å². The van der Waals surface area contributed by atoms with E-state index >= 15 is 0 Å². The van der Waals surface area contributed by atoms with E-state index in [4.69, 9.17) is 4.74 Å². The van der Waals surface area contributed by atoms with Crippen LogP contribution in [0.5, 0.6) is 5.75 Å². The van der Waals surface area contributed by atoms with Gasteiger partial charge in [-0.3, -0.25) is 4.79 Å². The van der Waals surface area contributed by atoms with E-state index in [1.54, 1.807) is 14.0 Å². The highest BCUT2D eigenvalue weighted by molar-refractivity contribution is 5.81. The fourth-order valence-electron chi connectivity index (χ4n) is 2.37. The molecule has 0 atom stereocenters. The maximum Gasteiger partial charge on any atom is 0.135 e. The van der Waals surface area contributed by atoms with Gasteiger partial charge < -0.3 is 4.74 Å². The largest absolute Gasteiger partial charge is 0.497 e. The Kier molecular flexibility index (Phi) is 4.20. The standard InChI is InChI=1S/C16H24O2/c1-12(17)15(2,3)11-16(4,5)13-7-9-14(18-6)10-8-13/h7-10H,11H2,1-6H3. The van der Waals surface area contributed by atoms with E-state index in [2.05, 4.69) is 26.0 Å². The predicted octanol–water partition coefficient (Wildman–Crippen LogP) is 3.98. The Morgan fingerprint density at radius 1 is 1.11 bits per heavy atom. The van der Waals surface area contributed by atoms with Crippen molar-refractivity contribution in [1.82, 2.24) is 0 Å². The SMILES string of the molecule is COc1ccc(C(C)(C)CC(C)(C)C(C)=O)cc1. The third kappa shape index (κ3) is 3.34. The quantitative estimate of drug-likeness (QED) is 0.788. The Balaban J connectivity index is 2.94. The normalized spacial score (nSPS) is 12.3. The number of ether oxygens (including phenoxy) is 1. The number of Topliss-reactive ketones (excluding diaryl/α,β-unsaturated/α-hetero) is 1. The van der Waals surface area contributed by atoms with E-state index < -0.39 is 0 Å². The first-order chi connectivity index (χ1) is 8.19. The molecule has 2 heteroatoms. The van der Waals surface area contributed by atoms with Gasteiger partial charge in [-0.05, 0) is 36.5 Å². The summed E-state index contributed by atoms with van der Waals surface area (Å²) in [7, 11) is 1.67. The van der Waals surface area contributed by atoms with Crippen molar-refractivity contribution in [1.29, 1.82) is 0 Å². The molecule has 0 unspecified atom stereocenters. The number of benzene rings is 1. The molecule has 0 amide bonds. The Hall–Kier alpha value is -1.31. The first kappa shape index (κ1) is 14.7. The van der Waals surface area contributed by atoms with Crippen molar-refractivity contribution in [2.45, 2.75) is 46.5 Å². The van der Waals surface area contributed by atoms with Crippen molar-refractivity contribution in [2.75, 3.05) is 7.11 Å². The molecule has 1 rings (SSSR count). The van der Waals surface area contributed by atoms with Crippen LogP contribution < -0.4 is 4.74 Å². The summed E-state index contributed by atoms with van der Waals surface area (Å²) in [5, 5.41) is 0. The van der Waals surface area contributed by atoms with Crippen molar-refractivity contribution in [3.63, 3.8) is 0 Å². The zero-order chi connectivity index (χ0) is 14.0. The number of carbonyl (C=O) groups excluding carboxylic acids is 1. The van der Waals surface area contributed by atoms with Gasteiger partial charge in [0.1, 0.15) is 11.5 Å². The summed E-state index contributed by atoms with van der Waals surface area (Å²) in [5.41, 5.74) is 0.919. The third-order valence-corrected chi connectivity index (χ3v) is 3.71. The Morgan fingerprint density at radius 3 is 2.00 bits per heavy atom. The zero-order valence-corrected chi connectivity index (χ0v) is 12.3. The van der Waals surface area contributed by atoms with E-state index in [9.17, 15) is 4.79 Å². The Labute approximate surface area is 110 Å². The second-order valence-electron chi connectivity index (χ2n) is 6.23. The summed E-state index contributed by atoms with van der Waals surface area (Å²) in [4.78, 5) is 11.7. The maximum atomic E-state index is 11.7. The van der Waals surface area contributed by atoms with Crippen LogP contribution in [0, 0.1) is 5.41 Å². The predicted molar refractivity (Wildman–Crippen MR) is 75.1 cm³/mol. The van der Waals surface area contributed by atoms with Gasteiger partial charge in [0.05, 0.1) is 7.11 Å². The lowest BCUT2D eigenvalue weighted by molar-refractivity contribution is -0.125. The van der Waals surface area contributed by atoms with E-state index in [1.807, 2.05) is 26.0 Å². The molecule has 0 radical (unpaired) electrons. The molecular formula is C16H24O2. The van der Waals surface area contributed by atoms with Gasteiger partial charge in [-0.25, -0.2) is 0 Å². The number of methoxy groups -OCH3 is 1.